The molecule has 112 valence electrons. The fourth-order valence-corrected chi connectivity index (χ4v) is 2.94. The maximum Gasteiger partial charge on any atom is 0.119 e. The van der Waals surface area contributed by atoms with E-state index in [0.29, 0.717) is 23.9 Å². The second kappa shape index (κ2) is 8.05. The van der Waals surface area contributed by atoms with E-state index in [-0.39, 0.29) is 0 Å². The fraction of sp³-hybridized carbons (Fsp3) is 0.250. The highest BCUT2D eigenvalue weighted by molar-refractivity contribution is 7.99. The Bertz CT molecular complexity index is 555. The lowest BCUT2D eigenvalue weighted by molar-refractivity contribution is 0.332. The van der Waals surface area contributed by atoms with Crippen LogP contribution in [0.4, 0.5) is 5.69 Å². The minimum Gasteiger partial charge on any atom is -0.494 e. The number of nitrogen functional groups attached to an aromatic ring is 1. The van der Waals surface area contributed by atoms with Crippen molar-refractivity contribution in [2.45, 2.75) is 11.8 Å². The van der Waals surface area contributed by atoms with Gasteiger partial charge in [-0.05, 0) is 43.3 Å². The van der Waals surface area contributed by atoms with Gasteiger partial charge in [-0.15, -0.1) is 11.8 Å². The molecule has 0 aliphatic rings. The molecule has 2 rings (SSSR count). The summed E-state index contributed by atoms with van der Waals surface area (Å²) in [5.41, 5.74) is 6.60. The monoisotopic (exact) mass is 323 g/mol. The lowest BCUT2D eigenvalue weighted by Gasteiger charge is -2.09. The van der Waals surface area contributed by atoms with Gasteiger partial charge < -0.3 is 15.2 Å². The van der Waals surface area contributed by atoms with Crippen LogP contribution >= 0.6 is 23.4 Å². The molecular weight excluding hydrogens is 306 g/mol. The number of ether oxygens (including phenoxy) is 2. The largest absolute Gasteiger partial charge is 0.494 e. The average molecular weight is 324 g/mol. The summed E-state index contributed by atoms with van der Waals surface area (Å²) in [5.74, 6) is 2.45. The maximum absolute atomic E-state index is 6.12. The minimum absolute atomic E-state index is 0.587. The summed E-state index contributed by atoms with van der Waals surface area (Å²) < 4.78 is 11.1. The molecule has 0 fully saturated rings. The minimum atomic E-state index is 0.587. The molecule has 2 N–H and O–H groups in total. The molecule has 5 heteroatoms. The van der Waals surface area contributed by atoms with Crippen molar-refractivity contribution in [2.24, 2.45) is 0 Å². The number of benzene rings is 2. The molecule has 0 aromatic heterocycles. The lowest BCUT2D eigenvalue weighted by Crippen LogP contribution is -2.01. The van der Waals surface area contributed by atoms with Gasteiger partial charge in [-0.25, -0.2) is 0 Å². The highest BCUT2D eigenvalue weighted by atomic mass is 35.5. The molecule has 0 unspecified atom stereocenters. The zero-order valence-electron chi connectivity index (χ0n) is 11.8. The van der Waals surface area contributed by atoms with Crippen LogP contribution in [0, 0.1) is 0 Å². The third-order valence-corrected chi connectivity index (χ3v) is 4.27. The number of rotatable bonds is 7. The van der Waals surface area contributed by atoms with Crippen molar-refractivity contribution >= 4 is 29.1 Å². The Morgan fingerprint density at radius 3 is 2.33 bits per heavy atom. The molecule has 0 atom stereocenters. The first-order valence-electron chi connectivity index (χ1n) is 6.73. The predicted molar refractivity (Wildman–Crippen MR) is 89.7 cm³/mol. The van der Waals surface area contributed by atoms with E-state index in [1.54, 1.807) is 11.8 Å². The Labute approximate surface area is 134 Å². The van der Waals surface area contributed by atoms with Crippen molar-refractivity contribution in [1.82, 2.24) is 0 Å². The van der Waals surface area contributed by atoms with E-state index in [1.807, 2.05) is 49.4 Å². The highest BCUT2D eigenvalue weighted by Gasteiger charge is 2.05. The van der Waals surface area contributed by atoms with Crippen molar-refractivity contribution in [3.8, 4) is 11.5 Å². The third kappa shape index (κ3) is 4.76. The van der Waals surface area contributed by atoms with Crippen molar-refractivity contribution in [1.29, 1.82) is 0 Å². The Morgan fingerprint density at radius 1 is 1.05 bits per heavy atom. The van der Waals surface area contributed by atoms with Crippen LogP contribution in [0.2, 0.25) is 5.02 Å². The maximum atomic E-state index is 6.12. The molecule has 3 nitrogen and oxygen atoms in total. The van der Waals surface area contributed by atoms with Crippen LogP contribution in [0.15, 0.2) is 47.4 Å². The summed E-state index contributed by atoms with van der Waals surface area (Å²) >= 11 is 7.71. The van der Waals surface area contributed by atoms with Gasteiger partial charge in [-0.3, -0.25) is 0 Å². The molecule has 0 spiro atoms. The van der Waals surface area contributed by atoms with Crippen LogP contribution in [0.5, 0.6) is 11.5 Å². The van der Waals surface area contributed by atoms with Crippen LogP contribution in [0.3, 0.4) is 0 Å². The van der Waals surface area contributed by atoms with Crippen LogP contribution in [0.25, 0.3) is 0 Å². The summed E-state index contributed by atoms with van der Waals surface area (Å²) in [6.45, 7) is 3.21. The first-order valence-corrected chi connectivity index (χ1v) is 8.09. The molecule has 0 saturated heterocycles. The van der Waals surface area contributed by atoms with Gasteiger partial charge in [0.25, 0.3) is 0 Å². The van der Waals surface area contributed by atoms with Gasteiger partial charge in [-0.2, -0.15) is 0 Å². The summed E-state index contributed by atoms with van der Waals surface area (Å²) in [6.07, 6.45) is 0. The van der Waals surface area contributed by atoms with Crippen LogP contribution in [-0.2, 0) is 0 Å². The van der Waals surface area contributed by atoms with Crippen molar-refractivity contribution in [3.05, 3.63) is 47.5 Å². The van der Waals surface area contributed by atoms with E-state index in [1.165, 1.54) is 0 Å². The summed E-state index contributed by atoms with van der Waals surface area (Å²) in [7, 11) is 0. The molecule has 0 saturated carbocycles. The molecule has 2 aromatic rings. The van der Waals surface area contributed by atoms with Crippen LogP contribution in [-0.4, -0.2) is 19.0 Å². The van der Waals surface area contributed by atoms with Gasteiger partial charge >= 0.3 is 0 Å². The molecule has 2 aromatic carbocycles. The first-order chi connectivity index (χ1) is 10.2. The molecule has 0 radical (unpaired) electrons. The lowest BCUT2D eigenvalue weighted by atomic mass is 10.3. The van der Waals surface area contributed by atoms with Crippen molar-refractivity contribution in [2.75, 3.05) is 24.7 Å². The van der Waals surface area contributed by atoms with E-state index < -0.39 is 0 Å². The summed E-state index contributed by atoms with van der Waals surface area (Å²) in [6, 6.07) is 13.1. The quantitative estimate of drug-likeness (QED) is 0.463. The van der Waals surface area contributed by atoms with Crippen LogP contribution < -0.4 is 15.2 Å². The zero-order valence-corrected chi connectivity index (χ0v) is 13.4. The molecule has 0 amide bonds. The van der Waals surface area contributed by atoms with E-state index in [0.717, 1.165) is 22.1 Å². The van der Waals surface area contributed by atoms with E-state index in [4.69, 9.17) is 26.8 Å². The SMILES string of the molecule is CCOc1ccc(OCCSc2c(N)cccc2Cl)cc1. The molecule has 0 bridgehead atoms. The molecule has 21 heavy (non-hydrogen) atoms. The third-order valence-electron chi connectivity index (χ3n) is 2.73. The summed E-state index contributed by atoms with van der Waals surface area (Å²) in [5, 5.41) is 0.682. The number of hydrogen-bond acceptors (Lipinski definition) is 4. The van der Waals surface area contributed by atoms with Gasteiger partial charge in [-0.1, -0.05) is 17.7 Å². The van der Waals surface area contributed by atoms with Gasteiger partial charge in [0, 0.05) is 16.3 Å². The van der Waals surface area contributed by atoms with Gasteiger partial charge in [0.1, 0.15) is 11.5 Å². The van der Waals surface area contributed by atoms with Gasteiger partial charge in [0.15, 0.2) is 0 Å². The molecular formula is C16H18ClNO2S. The predicted octanol–water partition coefficient (Wildman–Crippen LogP) is 4.49. The Morgan fingerprint density at radius 2 is 1.71 bits per heavy atom. The number of halogens is 1. The zero-order chi connectivity index (χ0) is 15.1. The first kappa shape index (κ1) is 15.9. The second-order valence-corrected chi connectivity index (χ2v) is 5.77. The number of thioether (sulfide) groups is 1. The van der Waals surface area contributed by atoms with Gasteiger partial charge in [0.05, 0.1) is 18.2 Å². The Hall–Kier alpha value is -1.52. The van der Waals surface area contributed by atoms with Gasteiger partial charge in [0.2, 0.25) is 0 Å². The standard InChI is InChI=1S/C16H18ClNO2S/c1-2-19-12-6-8-13(9-7-12)20-10-11-21-16-14(17)4-3-5-15(16)18/h3-9H,2,10-11,18H2,1H3. The number of nitrogens with two attached hydrogens (primary N) is 1. The smallest absolute Gasteiger partial charge is 0.119 e. The van der Waals surface area contributed by atoms with E-state index in [2.05, 4.69) is 0 Å². The van der Waals surface area contributed by atoms with E-state index in [9.17, 15) is 0 Å². The fourth-order valence-electron chi connectivity index (χ4n) is 1.78. The Balaban J connectivity index is 1.79. The van der Waals surface area contributed by atoms with Crippen molar-refractivity contribution < 1.29 is 9.47 Å². The van der Waals surface area contributed by atoms with E-state index >= 15 is 0 Å². The molecule has 0 aliphatic carbocycles. The Kier molecular flexibility index (Phi) is 6.08. The highest BCUT2D eigenvalue weighted by Crippen LogP contribution is 2.32. The number of anilines is 1. The number of hydrogen-bond donors (Lipinski definition) is 1. The topological polar surface area (TPSA) is 44.5 Å². The average Bonchev–Trinajstić information content (AvgIpc) is 2.48. The molecule has 0 aliphatic heterocycles. The van der Waals surface area contributed by atoms with Crippen molar-refractivity contribution in [3.63, 3.8) is 0 Å². The second-order valence-electron chi connectivity index (χ2n) is 4.26. The van der Waals surface area contributed by atoms with Crippen LogP contribution in [0.1, 0.15) is 6.92 Å². The molecule has 0 heterocycles. The normalized spacial score (nSPS) is 10.4. The summed E-state index contributed by atoms with van der Waals surface area (Å²) in [4.78, 5) is 0.912.